The summed E-state index contributed by atoms with van der Waals surface area (Å²) >= 11 is 3.35. The summed E-state index contributed by atoms with van der Waals surface area (Å²) in [6.07, 6.45) is 0. The largest absolute Gasteiger partial charge is 0.399 e. The van der Waals surface area contributed by atoms with Gasteiger partial charge in [0.1, 0.15) is 5.82 Å². The van der Waals surface area contributed by atoms with Crippen molar-refractivity contribution in [3.63, 3.8) is 0 Å². The minimum absolute atomic E-state index is 0.107. The third kappa shape index (κ3) is 3.12. The molecule has 0 bridgehead atoms. The summed E-state index contributed by atoms with van der Waals surface area (Å²) in [7, 11) is 0. The fraction of sp³-hybridized carbons (Fsp3) is 0.0714. The molecule has 2 aromatic carbocycles. The van der Waals surface area contributed by atoms with Crippen molar-refractivity contribution in [1.29, 1.82) is 0 Å². The summed E-state index contributed by atoms with van der Waals surface area (Å²) < 4.78 is 14.4. The number of amides is 1. The van der Waals surface area contributed by atoms with Gasteiger partial charge >= 0.3 is 0 Å². The van der Waals surface area contributed by atoms with E-state index in [1.807, 2.05) is 13.0 Å². The Morgan fingerprint density at radius 3 is 2.63 bits per heavy atom. The molecular formula is C14H12BrFN2O. The number of benzene rings is 2. The van der Waals surface area contributed by atoms with E-state index >= 15 is 0 Å². The molecule has 1 amide bonds. The predicted molar refractivity (Wildman–Crippen MR) is 77.6 cm³/mol. The number of carbonyl (C=O) groups is 1. The maximum atomic E-state index is 13.6. The number of anilines is 2. The fourth-order valence-electron chi connectivity index (χ4n) is 1.56. The van der Waals surface area contributed by atoms with E-state index in [1.54, 1.807) is 12.1 Å². The van der Waals surface area contributed by atoms with Gasteiger partial charge in [-0.1, -0.05) is 22.0 Å². The molecule has 0 unspecified atom stereocenters. The quantitative estimate of drug-likeness (QED) is 0.828. The highest BCUT2D eigenvalue weighted by atomic mass is 79.9. The Morgan fingerprint density at radius 1 is 1.26 bits per heavy atom. The van der Waals surface area contributed by atoms with Crippen LogP contribution >= 0.6 is 15.9 Å². The van der Waals surface area contributed by atoms with Gasteiger partial charge in [0, 0.05) is 15.7 Å². The summed E-state index contributed by atoms with van der Waals surface area (Å²) in [5.74, 6) is -0.927. The fourth-order valence-corrected chi connectivity index (χ4v) is 1.94. The van der Waals surface area contributed by atoms with E-state index in [0.29, 0.717) is 11.3 Å². The van der Waals surface area contributed by atoms with Gasteiger partial charge in [0.2, 0.25) is 0 Å². The van der Waals surface area contributed by atoms with Crippen LogP contribution in [0.2, 0.25) is 0 Å². The molecule has 5 heteroatoms. The molecule has 98 valence electrons. The Kier molecular flexibility index (Phi) is 3.85. The highest BCUT2D eigenvalue weighted by molar-refractivity contribution is 9.10. The number of halogens is 2. The number of hydrogen-bond donors (Lipinski definition) is 2. The Bertz CT molecular complexity index is 643. The zero-order chi connectivity index (χ0) is 14.0. The smallest absolute Gasteiger partial charge is 0.255 e. The van der Waals surface area contributed by atoms with E-state index in [-0.39, 0.29) is 11.6 Å². The second kappa shape index (κ2) is 5.40. The van der Waals surface area contributed by atoms with E-state index < -0.39 is 5.82 Å². The number of nitrogens with two attached hydrogens (primary N) is 1. The first-order valence-electron chi connectivity index (χ1n) is 5.60. The van der Waals surface area contributed by atoms with Crippen molar-refractivity contribution in [3.05, 3.63) is 57.8 Å². The maximum Gasteiger partial charge on any atom is 0.255 e. The topological polar surface area (TPSA) is 55.1 Å². The first kappa shape index (κ1) is 13.5. The predicted octanol–water partition coefficient (Wildman–Crippen LogP) is 3.73. The van der Waals surface area contributed by atoms with Gasteiger partial charge in [-0.05, 0) is 42.8 Å². The summed E-state index contributed by atoms with van der Waals surface area (Å²) in [6.45, 7) is 1.92. The molecule has 2 rings (SSSR count). The summed E-state index contributed by atoms with van der Waals surface area (Å²) in [4.78, 5) is 12.0. The molecule has 0 spiro atoms. The first-order valence-corrected chi connectivity index (χ1v) is 6.39. The number of nitrogen functional groups attached to an aromatic ring is 1. The van der Waals surface area contributed by atoms with Gasteiger partial charge in [0.05, 0.1) is 5.69 Å². The van der Waals surface area contributed by atoms with Crippen LogP contribution in [0.3, 0.4) is 0 Å². The van der Waals surface area contributed by atoms with Gasteiger partial charge in [-0.15, -0.1) is 0 Å². The lowest BCUT2D eigenvalue weighted by atomic mass is 10.1. The third-order valence-electron chi connectivity index (χ3n) is 2.68. The van der Waals surface area contributed by atoms with Crippen molar-refractivity contribution < 1.29 is 9.18 Å². The standard InChI is InChI=1S/C14H12BrFN2O/c1-8-2-3-9(6-11(8)15)14(19)18-13-5-4-10(17)7-12(13)16/h2-7H,17H2,1H3,(H,18,19). The molecule has 0 radical (unpaired) electrons. The van der Waals surface area contributed by atoms with Crippen molar-refractivity contribution in [2.75, 3.05) is 11.1 Å². The second-order valence-electron chi connectivity index (χ2n) is 4.16. The van der Waals surface area contributed by atoms with Crippen molar-refractivity contribution in [2.24, 2.45) is 0 Å². The van der Waals surface area contributed by atoms with Crippen LogP contribution in [0.5, 0.6) is 0 Å². The molecule has 0 aliphatic heterocycles. The number of hydrogen-bond acceptors (Lipinski definition) is 2. The van der Waals surface area contributed by atoms with Gasteiger partial charge < -0.3 is 11.1 Å². The lowest BCUT2D eigenvalue weighted by Crippen LogP contribution is -2.13. The Labute approximate surface area is 118 Å². The van der Waals surface area contributed by atoms with Gasteiger partial charge in [0.15, 0.2) is 0 Å². The average molecular weight is 323 g/mol. The Balaban J connectivity index is 2.23. The molecule has 19 heavy (non-hydrogen) atoms. The maximum absolute atomic E-state index is 13.6. The van der Waals surface area contributed by atoms with Crippen LogP contribution in [0.4, 0.5) is 15.8 Å². The van der Waals surface area contributed by atoms with E-state index in [0.717, 1.165) is 10.0 Å². The lowest BCUT2D eigenvalue weighted by molar-refractivity contribution is 0.102. The molecule has 0 aliphatic carbocycles. The van der Waals surface area contributed by atoms with E-state index in [1.165, 1.54) is 18.2 Å². The lowest BCUT2D eigenvalue weighted by Gasteiger charge is -2.08. The Morgan fingerprint density at radius 2 is 2.00 bits per heavy atom. The zero-order valence-corrected chi connectivity index (χ0v) is 11.8. The highest BCUT2D eigenvalue weighted by Crippen LogP contribution is 2.20. The Hall–Kier alpha value is -1.88. The van der Waals surface area contributed by atoms with Crippen molar-refractivity contribution in [1.82, 2.24) is 0 Å². The van der Waals surface area contributed by atoms with Gasteiger partial charge in [-0.2, -0.15) is 0 Å². The summed E-state index contributed by atoms with van der Waals surface area (Å²) in [5.41, 5.74) is 7.34. The average Bonchev–Trinajstić information content (AvgIpc) is 2.36. The number of aryl methyl sites for hydroxylation is 1. The molecule has 0 saturated heterocycles. The molecule has 2 aromatic rings. The molecule has 0 fully saturated rings. The van der Waals surface area contributed by atoms with Crippen molar-refractivity contribution in [3.8, 4) is 0 Å². The molecule has 3 N–H and O–H groups in total. The van der Waals surface area contributed by atoms with Crippen LogP contribution in [0.1, 0.15) is 15.9 Å². The summed E-state index contributed by atoms with van der Waals surface area (Å²) in [6, 6.07) is 9.33. The molecular weight excluding hydrogens is 311 g/mol. The molecule has 0 atom stereocenters. The van der Waals surface area contributed by atoms with Crippen LogP contribution < -0.4 is 11.1 Å². The molecule has 0 aliphatic rings. The third-order valence-corrected chi connectivity index (χ3v) is 3.53. The molecule has 0 saturated carbocycles. The molecule has 0 aromatic heterocycles. The minimum atomic E-state index is -0.556. The SMILES string of the molecule is Cc1ccc(C(=O)Nc2ccc(N)cc2F)cc1Br. The van der Waals surface area contributed by atoms with E-state index in [9.17, 15) is 9.18 Å². The molecule has 0 heterocycles. The number of carbonyl (C=O) groups excluding carboxylic acids is 1. The van der Waals surface area contributed by atoms with Crippen LogP contribution in [0.15, 0.2) is 40.9 Å². The normalized spacial score (nSPS) is 10.3. The van der Waals surface area contributed by atoms with Crippen LogP contribution in [0, 0.1) is 12.7 Å². The van der Waals surface area contributed by atoms with E-state index in [2.05, 4.69) is 21.2 Å². The van der Waals surface area contributed by atoms with Crippen molar-refractivity contribution >= 4 is 33.2 Å². The number of nitrogens with one attached hydrogen (secondary N) is 1. The monoisotopic (exact) mass is 322 g/mol. The highest BCUT2D eigenvalue weighted by Gasteiger charge is 2.10. The van der Waals surface area contributed by atoms with Gasteiger partial charge in [0.25, 0.3) is 5.91 Å². The van der Waals surface area contributed by atoms with Crippen LogP contribution in [-0.4, -0.2) is 5.91 Å². The second-order valence-corrected chi connectivity index (χ2v) is 5.01. The minimum Gasteiger partial charge on any atom is -0.399 e. The summed E-state index contributed by atoms with van der Waals surface area (Å²) in [5, 5.41) is 2.51. The van der Waals surface area contributed by atoms with Crippen LogP contribution in [-0.2, 0) is 0 Å². The van der Waals surface area contributed by atoms with Gasteiger partial charge in [-0.3, -0.25) is 4.79 Å². The first-order chi connectivity index (χ1) is 8.97. The number of rotatable bonds is 2. The van der Waals surface area contributed by atoms with Gasteiger partial charge in [-0.25, -0.2) is 4.39 Å². The van der Waals surface area contributed by atoms with Crippen LogP contribution in [0.25, 0.3) is 0 Å². The van der Waals surface area contributed by atoms with E-state index in [4.69, 9.17) is 5.73 Å². The van der Waals surface area contributed by atoms with Crippen molar-refractivity contribution in [2.45, 2.75) is 6.92 Å². The molecule has 3 nitrogen and oxygen atoms in total. The zero-order valence-electron chi connectivity index (χ0n) is 10.2.